The van der Waals surface area contributed by atoms with E-state index in [1.807, 2.05) is 22.7 Å². The van der Waals surface area contributed by atoms with Crippen molar-refractivity contribution in [3.05, 3.63) is 66.7 Å². The lowest BCUT2D eigenvalue weighted by Crippen LogP contribution is -1.95. The Labute approximate surface area is 310 Å². The monoisotopic (exact) mass is 748 g/mol. The van der Waals surface area contributed by atoms with Gasteiger partial charge in [-0.05, 0) is 72.8 Å². The van der Waals surface area contributed by atoms with Gasteiger partial charge in [0.05, 0.1) is 0 Å². The second-order valence-electron chi connectivity index (χ2n) is 14.1. The van der Waals surface area contributed by atoms with Gasteiger partial charge in [-0.15, -0.1) is 68.0 Å². The van der Waals surface area contributed by atoms with Gasteiger partial charge in [-0.3, -0.25) is 0 Å². The van der Waals surface area contributed by atoms with Crippen LogP contribution in [0.5, 0.6) is 0 Å². The Bertz CT molecular complexity index is 3120. The fourth-order valence-electron chi connectivity index (χ4n) is 9.83. The molecule has 0 bridgehead atoms. The highest BCUT2D eigenvalue weighted by molar-refractivity contribution is 7.25. The Morgan fingerprint density at radius 1 is 0.320 bits per heavy atom. The molecule has 0 N–H and O–H groups in total. The molecule has 0 aliphatic heterocycles. The third-order valence-electron chi connectivity index (χ3n) is 11.8. The Morgan fingerprint density at radius 2 is 0.620 bits per heavy atom. The number of rotatable bonds is 4. The smallest absolute Gasteiger partial charge is 0.0445 e. The molecule has 13 aromatic rings. The topological polar surface area (TPSA) is 0 Å². The fraction of sp³-hybridized carbons (Fsp3) is 0.182. The van der Waals surface area contributed by atoms with Crippen LogP contribution in [0.4, 0.5) is 0 Å². The third kappa shape index (κ3) is 2.99. The van der Waals surface area contributed by atoms with Crippen molar-refractivity contribution >= 4 is 193 Å². The summed E-state index contributed by atoms with van der Waals surface area (Å²) in [5, 5.41) is 31.8. The van der Waals surface area contributed by atoms with E-state index in [1.165, 1.54) is 145 Å². The summed E-state index contributed by atoms with van der Waals surface area (Å²) in [4.78, 5) is 5.97. The molecule has 13 rings (SSSR count). The Hall–Kier alpha value is -3.36. The number of aryl methyl sites for hydroxylation is 4. The maximum absolute atomic E-state index is 2.57. The molecule has 0 fully saturated rings. The molecule has 6 aromatic heterocycles. The van der Waals surface area contributed by atoms with Crippen molar-refractivity contribution in [1.82, 2.24) is 0 Å². The van der Waals surface area contributed by atoms with Gasteiger partial charge in [-0.25, -0.2) is 0 Å². The van der Waals surface area contributed by atoms with Gasteiger partial charge in [0.15, 0.2) is 0 Å². The van der Waals surface area contributed by atoms with Crippen LogP contribution in [0.3, 0.4) is 0 Å². The fourth-order valence-corrected chi connectivity index (χ4v) is 16.5. The SMILES string of the molecule is CCc1cc2c(s1)c1c3ccsc3c3c4sc(CC)cc4c4c5cc(CC)sc5c5c6ccsc6c6c7sc(CC)cc7c2c2c1c3c4c5c62. The molecule has 240 valence electrons. The summed E-state index contributed by atoms with van der Waals surface area (Å²) in [5.74, 6) is 0. The second kappa shape index (κ2) is 9.35. The van der Waals surface area contributed by atoms with E-state index in [1.54, 1.807) is 0 Å². The van der Waals surface area contributed by atoms with Crippen molar-refractivity contribution in [2.75, 3.05) is 0 Å². The van der Waals surface area contributed by atoms with Crippen molar-refractivity contribution < 1.29 is 0 Å². The first-order chi connectivity index (χ1) is 24.6. The highest BCUT2D eigenvalue weighted by Crippen LogP contribution is 2.62. The Kier molecular flexibility index (Phi) is 5.28. The number of hydrogen-bond acceptors (Lipinski definition) is 6. The van der Waals surface area contributed by atoms with E-state index in [-0.39, 0.29) is 0 Å². The predicted molar refractivity (Wildman–Crippen MR) is 235 cm³/mol. The summed E-state index contributed by atoms with van der Waals surface area (Å²) < 4.78 is 8.94. The van der Waals surface area contributed by atoms with Crippen LogP contribution in [-0.2, 0) is 25.7 Å². The van der Waals surface area contributed by atoms with Crippen LogP contribution in [-0.4, -0.2) is 0 Å². The van der Waals surface area contributed by atoms with Gasteiger partial charge in [0.2, 0.25) is 0 Å². The van der Waals surface area contributed by atoms with E-state index in [4.69, 9.17) is 0 Å². The largest absolute Gasteiger partial charge is 0.143 e. The Balaban J connectivity index is 1.55. The van der Waals surface area contributed by atoms with Gasteiger partial charge in [0.25, 0.3) is 0 Å². The van der Waals surface area contributed by atoms with E-state index in [2.05, 4.69) is 120 Å². The van der Waals surface area contributed by atoms with E-state index in [9.17, 15) is 0 Å². The normalized spacial score (nSPS) is 13.5. The van der Waals surface area contributed by atoms with Crippen molar-refractivity contribution in [2.24, 2.45) is 0 Å². The third-order valence-corrected chi connectivity index (χ3v) is 18.9. The standard InChI is InChI=1S/C44H28S6/c1-5-17-13-23-27-25-15-19(7-3)49-43(25)37-35-31(27)33-29(41(23)47-17)21-9-11-45-39(21)38-36(33)32-28(26-16-20(8-4)50-44(26)38)24-14-18(6-2)48-42(24)30(34(32)35)22-10-12-46-40(22)37/h9-16H,5-8H2,1-4H3. The van der Waals surface area contributed by atoms with Gasteiger partial charge in [-0.1, -0.05) is 27.7 Å². The van der Waals surface area contributed by atoms with Crippen molar-refractivity contribution in [3.8, 4) is 0 Å². The summed E-state index contributed by atoms with van der Waals surface area (Å²) in [6, 6.07) is 15.2. The molecule has 0 nitrogen and oxygen atoms in total. The average Bonchev–Trinajstić information content (AvgIpc) is 3.99. The first-order valence-electron chi connectivity index (χ1n) is 17.8. The number of thiophene rings is 6. The molecule has 50 heavy (non-hydrogen) atoms. The molecule has 6 heterocycles. The van der Waals surface area contributed by atoms with Gasteiger partial charge in [0.1, 0.15) is 0 Å². The molecular weight excluding hydrogens is 721 g/mol. The van der Waals surface area contributed by atoms with Crippen LogP contribution in [0.15, 0.2) is 47.2 Å². The maximum atomic E-state index is 2.57. The zero-order valence-corrected chi connectivity index (χ0v) is 32.8. The lowest BCUT2D eigenvalue weighted by Gasteiger charge is -2.24. The average molecular weight is 749 g/mol. The summed E-state index contributed by atoms with van der Waals surface area (Å²) in [5.41, 5.74) is 0. The van der Waals surface area contributed by atoms with Gasteiger partial charge >= 0.3 is 0 Å². The second-order valence-corrected chi connectivity index (χ2v) is 20.4. The molecule has 0 amide bonds. The first-order valence-corrected chi connectivity index (χ1v) is 22.8. The summed E-state index contributed by atoms with van der Waals surface area (Å²) >= 11 is 12.2. The molecular formula is C44H28S6. The molecule has 0 unspecified atom stereocenters. The van der Waals surface area contributed by atoms with E-state index in [0.29, 0.717) is 0 Å². The zero-order chi connectivity index (χ0) is 32.9. The van der Waals surface area contributed by atoms with Crippen LogP contribution in [0, 0.1) is 0 Å². The van der Waals surface area contributed by atoms with Gasteiger partial charge < -0.3 is 0 Å². The minimum absolute atomic E-state index is 1.07. The van der Waals surface area contributed by atoms with Gasteiger partial charge in [-0.2, -0.15) is 0 Å². The molecule has 0 spiro atoms. The highest BCUT2D eigenvalue weighted by Gasteiger charge is 2.32. The molecule has 0 saturated carbocycles. The van der Waals surface area contributed by atoms with Gasteiger partial charge in [0, 0.05) is 145 Å². The van der Waals surface area contributed by atoms with E-state index >= 15 is 0 Å². The van der Waals surface area contributed by atoms with Crippen LogP contribution in [0.1, 0.15) is 47.2 Å². The molecule has 0 saturated heterocycles. The molecule has 0 aliphatic rings. The lowest BCUT2D eigenvalue weighted by atomic mass is 9.79. The number of fused-ring (bicyclic) bond motifs is 18. The number of hydrogen-bond donors (Lipinski definition) is 0. The number of benzene rings is 7. The quantitative estimate of drug-likeness (QED) is 0.124. The maximum Gasteiger partial charge on any atom is 0.0445 e. The summed E-state index contributed by atoms with van der Waals surface area (Å²) in [6.07, 6.45) is 4.28. The molecule has 0 aliphatic carbocycles. The van der Waals surface area contributed by atoms with Crippen LogP contribution >= 0.6 is 68.0 Å². The van der Waals surface area contributed by atoms with Crippen molar-refractivity contribution in [3.63, 3.8) is 0 Å². The molecule has 6 heteroatoms. The summed E-state index contributed by atoms with van der Waals surface area (Å²) in [6.45, 7) is 9.33. The predicted octanol–water partition coefficient (Wildman–Crippen LogP) is 16.5. The Morgan fingerprint density at radius 3 is 0.960 bits per heavy atom. The van der Waals surface area contributed by atoms with Crippen LogP contribution < -0.4 is 0 Å². The van der Waals surface area contributed by atoms with Crippen molar-refractivity contribution in [2.45, 2.75) is 53.4 Å². The van der Waals surface area contributed by atoms with E-state index < -0.39 is 0 Å². The molecule has 0 atom stereocenters. The van der Waals surface area contributed by atoms with Crippen molar-refractivity contribution in [1.29, 1.82) is 0 Å². The summed E-state index contributed by atoms with van der Waals surface area (Å²) in [7, 11) is 0. The minimum atomic E-state index is 1.07. The molecule has 7 aromatic carbocycles. The van der Waals surface area contributed by atoms with Crippen LogP contribution in [0.25, 0.3) is 125 Å². The first kappa shape index (κ1) is 28.3. The highest BCUT2D eigenvalue weighted by atomic mass is 32.1. The zero-order valence-electron chi connectivity index (χ0n) is 27.9. The molecule has 0 radical (unpaired) electrons. The lowest BCUT2D eigenvalue weighted by molar-refractivity contribution is 1.19. The van der Waals surface area contributed by atoms with E-state index in [0.717, 1.165) is 25.7 Å². The van der Waals surface area contributed by atoms with Crippen LogP contribution in [0.2, 0.25) is 0 Å². The minimum Gasteiger partial charge on any atom is -0.143 e.